The van der Waals surface area contributed by atoms with E-state index in [-0.39, 0.29) is 37.2 Å². The van der Waals surface area contributed by atoms with E-state index in [1.54, 1.807) is 36.2 Å². The monoisotopic (exact) mass is 362 g/mol. The first-order chi connectivity index (χ1) is 12.6. The van der Waals surface area contributed by atoms with Crippen LogP contribution in [0.15, 0.2) is 30.0 Å². The minimum absolute atomic E-state index is 0.120. The van der Waals surface area contributed by atoms with Gasteiger partial charge in [-0.1, -0.05) is 18.2 Å². The van der Waals surface area contributed by atoms with Crippen molar-refractivity contribution >= 4 is 17.4 Å². The Morgan fingerprint density at radius 1 is 1.19 bits per heavy atom. The molecule has 0 saturated carbocycles. The van der Waals surface area contributed by atoms with Gasteiger partial charge in [-0.25, -0.2) is 0 Å². The van der Waals surface area contributed by atoms with E-state index in [9.17, 15) is 14.7 Å². The molecular weight excluding hydrogens is 336 g/mol. The van der Waals surface area contributed by atoms with Crippen molar-refractivity contribution in [3.8, 4) is 5.75 Å². The second-order valence-corrected chi connectivity index (χ2v) is 5.88. The maximum absolute atomic E-state index is 13.0. The molecule has 1 aliphatic heterocycles. The highest BCUT2D eigenvalue weighted by molar-refractivity contribution is 6.36. The van der Waals surface area contributed by atoms with Crippen LogP contribution in [0, 0.1) is 0 Å². The van der Waals surface area contributed by atoms with E-state index in [2.05, 4.69) is 0 Å². The lowest BCUT2D eigenvalue weighted by atomic mass is 10.0. The Labute approximate surface area is 153 Å². The molecule has 0 unspecified atom stereocenters. The fourth-order valence-corrected chi connectivity index (χ4v) is 2.95. The van der Waals surface area contributed by atoms with Crippen molar-refractivity contribution in [2.45, 2.75) is 13.3 Å². The summed E-state index contributed by atoms with van der Waals surface area (Å²) < 4.78 is 10.7. The molecule has 0 radical (unpaired) electrons. The quantitative estimate of drug-likeness (QED) is 0.496. The van der Waals surface area contributed by atoms with E-state index < -0.39 is 0 Å². The van der Waals surface area contributed by atoms with Gasteiger partial charge in [-0.05, 0) is 19.4 Å². The van der Waals surface area contributed by atoms with E-state index in [1.165, 1.54) is 12.0 Å². The molecular formula is C19H26N2O5. The third-order valence-corrected chi connectivity index (χ3v) is 4.21. The lowest BCUT2D eigenvalue weighted by Crippen LogP contribution is -2.36. The molecule has 0 saturated heterocycles. The number of aliphatic hydroxyl groups is 1. The second kappa shape index (κ2) is 9.35. The predicted molar refractivity (Wildman–Crippen MR) is 97.5 cm³/mol. The number of likely N-dealkylation sites (N-methyl/N-ethyl adjacent to an activating group) is 1. The lowest BCUT2D eigenvalue weighted by Gasteiger charge is -2.20. The van der Waals surface area contributed by atoms with E-state index in [1.807, 2.05) is 6.92 Å². The lowest BCUT2D eigenvalue weighted by molar-refractivity contribution is -0.137. The number of carbonyl (C=O) groups is 2. The van der Waals surface area contributed by atoms with Gasteiger partial charge in [-0.3, -0.25) is 14.5 Å². The van der Waals surface area contributed by atoms with Crippen LogP contribution in [-0.2, 0) is 14.3 Å². The molecule has 0 fully saturated rings. The van der Waals surface area contributed by atoms with Crippen molar-refractivity contribution < 1.29 is 24.2 Å². The predicted octanol–water partition coefficient (Wildman–Crippen LogP) is 1.13. The summed E-state index contributed by atoms with van der Waals surface area (Å²) in [6.45, 7) is 3.39. The van der Waals surface area contributed by atoms with Crippen LogP contribution in [0.4, 0.5) is 0 Å². The van der Waals surface area contributed by atoms with E-state index in [4.69, 9.17) is 9.47 Å². The highest BCUT2D eigenvalue weighted by Gasteiger charge is 2.41. The number of para-hydroxylation sites is 1. The standard InChI is InChI=1S/C19H26N2O5/c1-4-26-13-7-10-21-18(23)16(14-8-5-6-9-15(14)25-3)17(19(21)24)20(2)11-12-22/h5-6,8-9,22H,4,7,10-13H2,1-3H3. The molecule has 0 atom stereocenters. The Hall–Kier alpha value is -2.38. The average molecular weight is 362 g/mol. The SMILES string of the molecule is CCOCCCN1C(=O)C(c2ccccc2OC)=C(N(C)CCO)C1=O. The molecule has 7 heteroatoms. The summed E-state index contributed by atoms with van der Waals surface area (Å²) >= 11 is 0. The summed E-state index contributed by atoms with van der Waals surface area (Å²) in [5.41, 5.74) is 1.16. The van der Waals surface area contributed by atoms with Gasteiger partial charge in [0.25, 0.3) is 11.8 Å². The van der Waals surface area contributed by atoms with Gasteiger partial charge in [0, 0.05) is 38.9 Å². The fourth-order valence-electron chi connectivity index (χ4n) is 2.95. The number of aliphatic hydroxyl groups excluding tert-OH is 1. The number of ether oxygens (including phenoxy) is 2. The van der Waals surface area contributed by atoms with Gasteiger partial charge < -0.3 is 19.5 Å². The molecule has 26 heavy (non-hydrogen) atoms. The third kappa shape index (κ3) is 4.05. The molecule has 1 aliphatic rings. The van der Waals surface area contributed by atoms with Gasteiger partial charge in [0.05, 0.1) is 19.3 Å². The van der Waals surface area contributed by atoms with Crippen LogP contribution in [0.3, 0.4) is 0 Å². The van der Waals surface area contributed by atoms with Gasteiger partial charge in [-0.15, -0.1) is 0 Å². The van der Waals surface area contributed by atoms with Crippen LogP contribution in [0.25, 0.3) is 5.57 Å². The number of benzene rings is 1. The summed E-state index contributed by atoms with van der Waals surface area (Å²) in [6, 6.07) is 7.11. The molecule has 0 aromatic heterocycles. The highest BCUT2D eigenvalue weighted by atomic mass is 16.5. The van der Waals surface area contributed by atoms with Gasteiger partial charge in [0.2, 0.25) is 0 Å². The van der Waals surface area contributed by atoms with Crippen LogP contribution in [0.2, 0.25) is 0 Å². The highest BCUT2D eigenvalue weighted by Crippen LogP contribution is 2.35. The largest absolute Gasteiger partial charge is 0.496 e. The zero-order valence-corrected chi connectivity index (χ0v) is 15.5. The van der Waals surface area contributed by atoms with Gasteiger partial charge in [-0.2, -0.15) is 0 Å². The molecule has 2 rings (SSSR count). The first kappa shape index (κ1) is 19.9. The minimum Gasteiger partial charge on any atom is -0.496 e. The molecule has 142 valence electrons. The summed E-state index contributed by atoms with van der Waals surface area (Å²) in [5.74, 6) is -0.186. The van der Waals surface area contributed by atoms with Crippen molar-refractivity contribution in [3.05, 3.63) is 35.5 Å². The van der Waals surface area contributed by atoms with E-state index in [0.29, 0.717) is 36.5 Å². The van der Waals surface area contributed by atoms with Crippen molar-refractivity contribution in [1.29, 1.82) is 0 Å². The summed E-state index contributed by atoms with van der Waals surface area (Å²) in [4.78, 5) is 28.8. The Morgan fingerprint density at radius 2 is 1.92 bits per heavy atom. The van der Waals surface area contributed by atoms with Gasteiger partial charge in [0.15, 0.2) is 0 Å². The summed E-state index contributed by atoms with van der Waals surface area (Å²) in [6.07, 6.45) is 0.571. The van der Waals surface area contributed by atoms with E-state index >= 15 is 0 Å². The number of hydrogen-bond donors (Lipinski definition) is 1. The van der Waals surface area contributed by atoms with Crippen LogP contribution in [0.5, 0.6) is 5.75 Å². The molecule has 1 heterocycles. The normalized spacial score (nSPS) is 14.4. The van der Waals surface area contributed by atoms with Gasteiger partial charge >= 0.3 is 0 Å². The molecule has 0 bridgehead atoms. The maximum atomic E-state index is 13.0. The first-order valence-corrected chi connectivity index (χ1v) is 8.70. The smallest absolute Gasteiger partial charge is 0.277 e. The number of rotatable bonds is 10. The zero-order valence-electron chi connectivity index (χ0n) is 15.5. The maximum Gasteiger partial charge on any atom is 0.277 e. The second-order valence-electron chi connectivity index (χ2n) is 5.88. The van der Waals surface area contributed by atoms with Crippen LogP contribution in [0.1, 0.15) is 18.9 Å². The summed E-state index contributed by atoms with van der Waals surface area (Å²) in [7, 11) is 3.22. The Bertz CT molecular complexity index is 686. The first-order valence-electron chi connectivity index (χ1n) is 8.70. The number of imide groups is 1. The van der Waals surface area contributed by atoms with E-state index in [0.717, 1.165) is 0 Å². The van der Waals surface area contributed by atoms with Crippen LogP contribution >= 0.6 is 0 Å². The minimum atomic E-state index is -0.358. The number of hydrogen-bond acceptors (Lipinski definition) is 6. The molecule has 7 nitrogen and oxygen atoms in total. The van der Waals surface area contributed by atoms with Crippen LogP contribution < -0.4 is 4.74 Å². The molecule has 1 aromatic rings. The molecule has 2 amide bonds. The molecule has 1 N–H and O–H groups in total. The van der Waals surface area contributed by atoms with Crippen molar-refractivity contribution in [2.24, 2.45) is 0 Å². The molecule has 1 aromatic carbocycles. The Morgan fingerprint density at radius 3 is 2.58 bits per heavy atom. The number of amides is 2. The topological polar surface area (TPSA) is 79.3 Å². The summed E-state index contributed by atoms with van der Waals surface area (Å²) in [5, 5.41) is 9.26. The van der Waals surface area contributed by atoms with Crippen molar-refractivity contribution in [3.63, 3.8) is 0 Å². The average Bonchev–Trinajstić information content (AvgIpc) is 2.89. The third-order valence-electron chi connectivity index (χ3n) is 4.21. The van der Waals surface area contributed by atoms with Gasteiger partial charge in [0.1, 0.15) is 11.4 Å². The molecule has 0 aliphatic carbocycles. The zero-order chi connectivity index (χ0) is 19.1. The fraction of sp³-hybridized carbons (Fsp3) is 0.474. The number of carbonyl (C=O) groups excluding carboxylic acids is 2. The Balaban J connectivity index is 2.40. The number of nitrogens with zero attached hydrogens (tertiary/aromatic N) is 2. The van der Waals surface area contributed by atoms with Crippen molar-refractivity contribution in [1.82, 2.24) is 9.80 Å². The Kier molecular flexibility index (Phi) is 7.17. The van der Waals surface area contributed by atoms with Crippen LogP contribution in [-0.4, -0.2) is 73.8 Å². The number of methoxy groups -OCH3 is 1. The molecule has 0 spiro atoms. The van der Waals surface area contributed by atoms with Crippen molar-refractivity contribution in [2.75, 3.05) is 47.1 Å².